The van der Waals surface area contributed by atoms with Crippen LogP contribution < -0.4 is 10.1 Å². The molecule has 1 heterocycles. The van der Waals surface area contributed by atoms with Gasteiger partial charge in [-0.25, -0.2) is 8.42 Å². The topological polar surface area (TPSA) is 119 Å². The Morgan fingerprint density at radius 3 is 2.45 bits per heavy atom. The number of benzene rings is 1. The number of sulfone groups is 1. The summed E-state index contributed by atoms with van der Waals surface area (Å²) in [5, 5.41) is 2.44. The lowest BCUT2D eigenvalue weighted by Gasteiger charge is -2.26. The highest BCUT2D eigenvalue weighted by Gasteiger charge is 2.34. The predicted octanol–water partition coefficient (Wildman–Crippen LogP) is 1.17. The summed E-state index contributed by atoms with van der Waals surface area (Å²) in [7, 11) is -3.13. The Bertz CT molecular complexity index is 868. The van der Waals surface area contributed by atoms with E-state index in [0.29, 0.717) is 30.9 Å². The lowest BCUT2D eigenvalue weighted by Crippen LogP contribution is -2.43. The summed E-state index contributed by atoms with van der Waals surface area (Å²) in [5.41, 5.74) is 0.367. The number of carbonyl (C=O) groups excluding carboxylic acids is 3. The minimum atomic E-state index is -3.13. The summed E-state index contributed by atoms with van der Waals surface area (Å²) in [6, 6.07) is 6.17. The van der Waals surface area contributed by atoms with Crippen LogP contribution in [-0.2, 0) is 24.2 Å². The van der Waals surface area contributed by atoms with Crippen molar-refractivity contribution in [1.82, 2.24) is 10.2 Å². The zero-order chi connectivity index (χ0) is 22.9. The molecule has 1 atom stereocenters. The van der Waals surface area contributed by atoms with E-state index in [0.717, 1.165) is 12.8 Å². The third-order valence-electron chi connectivity index (χ3n) is 4.94. The van der Waals surface area contributed by atoms with Crippen molar-refractivity contribution < 1.29 is 32.3 Å². The first kappa shape index (κ1) is 24.6. The molecular formula is C21H30N2O7S. The maximum atomic E-state index is 12.3. The van der Waals surface area contributed by atoms with E-state index in [1.54, 1.807) is 31.2 Å². The maximum Gasteiger partial charge on any atom is 0.325 e. The molecule has 1 fully saturated rings. The molecule has 31 heavy (non-hydrogen) atoms. The van der Waals surface area contributed by atoms with Crippen LogP contribution in [0.2, 0.25) is 0 Å². The molecule has 0 spiro atoms. The molecule has 1 N–H and O–H groups in total. The van der Waals surface area contributed by atoms with Crippen molar-refractivity contribution in [3.8, 4) is 5.75 Å². The van der Waals surface area contributed by atoms with Crippen LogP contribution in [0.3, 0.4) is 0 Å². The molecule has 172 valence electrons. The van der Waals surface area contributed by atoms with Crippen molar-refractivity contribution >= 4 is 27.6 Å². The summed E-state index contributed by atoms with van der Waals surface area (Å²) >= 11 is 0. The van der Waals surface area contributed by atoms with Crippen molar-refractivity contribution in [2.75, 3.05) is 37.8 Å². The number of hydrogen-bond donors (Lipinski definition) is 1. The maximum absolute atomic E-state index is 12.3. The first-order chi connectivity index (χ1) is 14.8. The van der Waals surface area contributed by atoms with Crippen LogP contribution >= 0.6 is 0 Å². The van der Waals surface area contributed by atoms with Gasteiger partial charge in [0.25, 0.3) is 11.8 Å². The predicted molar refractivity (Wildman–Crippen MR) is 115 cm³/mol. The van der Waals surface area contributed by atoms with Crippen molar-refractivity contribution in [1.29, 1.82) is 0 Å². The van der Waals surface area contributed by atoms with Gasteiger partial charge in [0.2, 0.25) is 0 Å². The van der Waals surface area contributed by atoms with E-state index in [-0.39, 0.29) is 18.1 Å². The molecule has 1 aliphatic heterocycles. The molecule has 1 saturated heterocycles. The van der Waals surface area contributed by atoms with E-state index in [2.05, 4.69) is 12.2 Å². The van der Waals surface area contributed by atoms with E-state index in [4.69, 9.17) is 9.47 Å². The van der Waals surface area contributed by atoms with E-state index in [9.17, 15) is 22.8 Å². The van der Waals surface area contributed by atoms with E-state index in [1.165, 1.54) is 4.90 Å². The molecule has 0 bridgehead atoms. The molecule has 0 radical (unpaired) electrons. The molecule has 9 nitrogen and oxygen atoms in total. The summed E-state index contributed by atoms with van der Waals surface area (Å²) in [5.74, 6) is -1.01. The van der Waals surface area contributed by atoms with E-state index in [1.807, 2.05) is 0 Å². The van der Waals surface area contributed by atoms with Crippen molar-refractivity contribution in [2.24, 2.45) is 0 Å². The van der Waals surface area contributed by atoms with Gasteiger partial charge in [-0.2, -0.15) is 0 Å². The SMILES string of the molecule is CCCCOc1ccc(C(=O)NCC(=O)OCC(=O)N(CC)[C@H]2CCS(=O)(=O)C2)cc1. The Kier molecular flexibility index (Phi) is 9.29. The third-order valence-corrected chi connectivity index (χ3v) is 6.69. The third kappa shape index (κ3) is 7.86. The van der Waals surface area contributed by atoms with Crippen LogP contribution in [0.5, 0.6) is 5.75 Å². The lowest BCUT2D eigenvalue weighted by molar-refractivity contribution is -0.151. The van der Waals surface area contributed by atoms with Crippen LogP contribution in [0, 0.1) is 0 Å². The van der Waals surface area contributed by atoms with E-state index >= 15 is 0 Å². The van der Waals surface area contributed by atoms with Gasteiger partial charge < -0.3 is 19.7 Å². The molecule has 10 heteroatoms. The van der Waals surface area contributed by atoms with Crippen molar-refractivity contribution in [3.63, 3.8) is 0 Å². The number of esters is 1. The number of carbonyl (C=O) groups is 3. The quantitative estimate of drug-likeness (QED) is 0.394. The van der Waals surface area contributed by atoms with Gasteiger partial charge in [-0.3, -0.25) is 14.4 Å². The average Bonchev–Trinajstić information content (AvgIpc) is 3.11. The normalized spacial score (nSPS) is 17.0. The Morgan fingerprint density at radius 2 is 1.87 bits per heavy atom. The van der Waals surface area contributed by atoms with Crippen LogP contribution in [0.4, 0.5) is 0 Å². The molecule has 1 aromatic carbocycles. The highest BCUT2D eigenvalue weighted by Crippen LogP contribution is 2.18. The number of amides is 2. The van der Waals surface area contributed by atoms with Gasteiger partial charge in [0.05, 0.1) is 18.1 Å². The monoisotopic (exact) mass is 454 g/mol. The van der Waals surface area contributed by atoms with Gasteiger partial charge in [0.1, 0.15) is 12.3 Å². The molecule has 2 amide bonds. The number of nitrogens with one attached hydrogen (secondary N) is 1. The van der Waals surface area contributed by atoms with Gasteiger partial charge in [0, 0.05) is 18.2 Å². The van der Waals surface area contributed by atoms with Crippen LogP contribution in [0.1, 0.15) is 43.5 Å². The first-order valence-electron chi connectivity index (χ1n) is 10.4. The second kappa shape index (κ2) is 11.7. The minimum Gasteiger partial charge on any atom is -0.494 e. The number of nitrogens with zero attached hydrogens (tertiary/aromatic N) is 1. The Morgan fingerprint density at radius 1 is 1.16 bits per heavy atom. The zero-order valence-corrected chi connectivity index (χ0v) is 18.8. The second-order valence-corrected chi connectivity index (χ2v) is 9.54. The molecule has 0 saturated carbocycles. The number of unbranched alkanes of at least 4 members (excludes halogenated alkanes) is 1. The molecule has 1 aliphatic rings. The van der Waals surface area contributed by atoms with Crippen molar-refractivity contribution in [2.45, 2.75) is 39.2 Å². The molecule has 0 unspecified atom stereocenters. The Labute approximate surface area is 183 Å². The number of likely N-dealkylation sites (N-methyl/N-ethyl adjacent to an activating group) is 1. The fourth-order valence-electron chi connectivity index (χ4n) is 3.23. The van der Waals surface area contributed by atoms with Crippen molar-refractivity contribution in [3.05, 3.63) is 29.8 Å². The molecule has 0 aromatic heterocycles. The van der Waals surface area contributed by atoms with Gasteiger partial charge in [-0.05, 0) is 44.0 Å². The summed E-state index contributed by atoms with van der Waals surface area (Å²) in [6.45, 7) is 3.86. The van der Waals surface area contributed by atoms with Gasteiger partial charge >= 0.3 is 5.97 Å². The standard InChI is InChI=1S/C21H30N2O7S/c1-3-5-11-29-18-8-6-16(7-9-18)21(26)22-13-20(25)30-14-19(24)23(4-2)17-10-12-31(27,28)15-17/h6-9,17H,3-5,10-15H2,1-2H3,(H,22,26)/t17-/m0/s1. The van der Waals surface area contributed by atoms with Crippen LogP contribution in [0.15, 0.2) is 24.3 Å². The Balaban J connectivity index is 1.74. The lowest BCUT2D eigenvalue weighted by atomic mass is 10.2. The smallest absolute Gasteiger partial charge is 0.325 e. The minimum absolute atomic E-state index is 0.0547. The largest absolute Gasteiger partial charge is 0.494 e. The number of rotatable bonds is 11. The second-order valence-electron chi connectivity index (χ2n) is 7.31. The van der Waals surface area contributed by atoms with Gasteiger partial charge in [0.15, 0.2) is 16.4 Å². The highest BCUT2D eigenvalue weighted by molar-refractivity contribution is 7.91. The van der Waals surface area contributed by atoms with Crippen LogP contribution in [0.25, 0.3) is 0 Å². The Hall–Kier alpha value is -2.62. The van der Waals surface area contributed by atoms with Gasteiger partial charge in [-0.1, -0.05) is 13.3 Å². The van der Waals surface area contributed by atoms with Gasteiger partial charge in [-0.15, -0.1) is 0 Å². The number of hydrogen-bond acceptors (Lipinski definition) is 7. The summed E-state index contributed by atoms with van der Waals surface area (Å²) < 4.78 is 33.7. The number of ether oxygens (including phenoxy) is 2. The molecule has 2 rings (SSSR count). The zero-order valence-electron chi connectivity index (χ0n) is 18.0. The summed E-state index contributed by atoms with van der Waals surface area (Å²) in [6.07, 6.45) is 2.36. The fraction of sp³-hybridized carbons (Fsp3) is 0.571. The molecule has 0 aliphatic carbocycles. The fourth-order valence-corrected chi connectivity index (χ4v) is 4.96. The van der Waals surface area contributed by atoms with E-state index < -0.39 is 40.3 Å². The summed E-state index contributed by atoms with van der Waals surface area (Å²) in [4.78, 5) is 37.8. The first-order valence-corrected chi connectivity index (χ1v) is 12.2. The molecule has 1 aromatic rings. The van der Waals surface area contributed by atoms with Crippen LogP contribution in [-0.4, -0.2) is 75.0 Å². The highest BCUT2D eigenvalue weighted by atomic mass is 32.2. The average molecular weight is 455 g/mol. The molecular weight excluding hydrogens is 424 g/mol.